The predicted octanol–water partition coefficient (Wildman–Crippen LogP) is 4.94. The SMILES string of the molecule is CC(C(=O)c1cccc(C2CCC2)c1)c1ccccc1. The van der Waals surface area contributed by atoms with E-state index in [1.54, 1.807) is 0 Å². The molecule has 1 saturated carbocycles. The Morgan fingerprint density at radius 2 is 1.80 bits per heavy atom. The zero-order chi connectivity index (χ0) is 13.9. The van der Waals surface area contributed by atoms with Crippen molar-refractivity contribution in [3.63, 3.8) is 0 Å². The monoisotopic (exact) mass is 264 g/mol. The third-order valence-corrected chi connectivity index (χ3v) is 4.44. The third-order valence-electron chi connectivity index (χ3n) is 4.44. The van der Waals surface area contributed by atoms with E-state index in [0.29, 0.717) is 5.92 Å². The van der Waals surface area contributed by atoms with Crippen LogP contribution in [0.15, 0.2) is 54.6 Å². The first kappa shape index (κ1) is 13.1. The zero-order valence-corrected chi connectivity index (χ0v) is 11.9. The van der Waals surface area contributed by atoms with Crippen LogP contribution in [0.1, 0.15) is 59.5 Å². The van der Waals surface area contributed by atoms with Crippen molar-refractivity contribution in [3.8, 4) is 0 Å². The van der Waals surface area contributed by atoms with Crippen LogP contribution in [0.25, 0.3) is 0 Å². The van der Waals surface area contributed by atoms with Gasteiger partial charge in [-0.3, -0.25) is 4.79 Å². The lowest BCUT2D eigenvalue weighted by molar-refractivity contribution is 0.0966. The molecule has 1 heteroatoms. The first-order valence-electron chi connectivity index (χ1n) is 7.45. The van der Waals surface area contributed by atoms with Gasteiger partial charge in [0.15, 0.2) is 5.78 Å². The van der Waals surface area contributed by atoms with E-state index >= 15 is 0 Å². The lowest BCUT2D eigenvalue weighted by atomic mass is 9.79. The van der Waals surface area contributed by atoms with Crippen molar-refractivity contribution in [1.82, 2.24) is 0 Å². The molecule has 102 valence electrons. The lowest BCUT2D eigenvalue weighted by Gasteiger charge is -2.26. The highest BCUT2D eigenvalue weighted by atomic mass is 16.1. The fourth-order valence-corrected chi connectivity index (χ4v) is 2.83. The molecule has 1 atom stereocenters. The minimum absolute atomic E-state index is 0.0761. The van der Waals surface area contributed by atoms with Gasteiger partial charge in [0.2, 0.25) is 0 Å². The molecule has 1 nitrogen and oxygen atoms in total. The number of Topliss-reactive ketones (excluding diaryl/α,β-unsaturated/α-hetero) is 1. The molecular weight excluding hydrogens is 244 g/mol. The van der Waals surface area contributed by atoms with Crippen LogP contribution >= 0.6 is 0 Å². The Morgan fingerprint density at radius 3 is 2.45 bits per heavy atom. The molecule has 1 aliphatic rings. The first-order valence-corrected chi connectivity index (χ1v) is 7.45. The van der Waals surface area contributed by atoms with Gasteiger partial charge >= 0.3 is 0 Å². The normalized spacial score (nSPS) is 16.4. The number of carbonyl (C=O) groups is 1. The van der Waals surface area contributed by atoms with Crippen molar-refractivity contribution in [2.24, 2.45) is 0 Å². The summed E-state index contributed by atoms with van der Waals surface area (Å²) in [6.45, 7) is 1.99. The molecule has 2 aromatic carbocycles. The molecule has 3 rings (SSSR count). The van der Waals surface area contributed by atoms with E-state index < -0.39 is 0 Å². The number of rotatable bonds is 4. The van der Waals surface area contributed by atoms with Crippen molar-refractivity contribution in [1.29, 1.82) is 0 Å². The van der Waals surface area contributed by atoms with Crippen molar-refractivity contribution in [2.45, 2.75) is 38.0 Å². The quantitative estimate of drug-likeness (QED) is 0.715. The molecular formula is C19H20O. The van der Waals surface area contributed by atoms with Crippen LogP contribution < -0.4 is 0 Å². The van der Waals surface area contributed by atoms with Crippen LogP contribution in [-0.4, -0.2) is 5.78 Å². The van der Waals surface area contributed by atoms with Gasteiger partial charge in [0, 0.05) is 11.5 Å². The second kappa shape index (κ2) is 5.62. The van der Waals surface area contributed by atoms with Gasteiger partial charge in [-0.05, 0) is 36.0 Å². The van der Waals surface area contributed by atoms with E-state index in [4.69, 9.17) is 0 Å². The maximum atomic E-state index is 12.6. The summed E-state index contributed by atoms with van der Waals surface area (Å²) in [6.07, 6.45) is 3.86. The van der Waals surface area contributed by atoms with Crippen LogP contribution in [0, 0.1) is 0 Å². The van der Waals surface area contributed by atoms with Gasteiger partial charge in [-0.25, -0.2) is 0 Å². The number of benzene rings is 2. The standard InChI is InChI=1S/C19H20O/c1-14(15-7-3-2-4-8-15)19(20)18-12-6-11-17(13-18)16-9-5-10-16/h2-4,6-8,11-14,16H,5,9-10H2,1H3. The summed E-state index contributed by atoms with van der Waals surface area (Å²) in [4.78, 5) is 12.6. The maximum absolute atomic E-state index is 12.6. The van der Waals surface area contributed by atoms with Crippen molar-refractivity contribution in [2.75, 3.05) is 0 Å². The van der Waals surface area contributed by atoms with Crippen LogP contribution in [0.2, 0.25) is 0 Å². The van der Waals surface area contributed by atoms with E-state index in [0.717, 1.165) is 11.1 Å². The third kappa shape index (κ3) is 2.53. The number of hydrogen-bond acceptors (Lipinski definition) is 1. The van der Waals surface area contributed by atoms with E-state index in [9.17, 15) is 4.79 Å². The fourth-order valence-electron chi connectivity index (χ4n) is 2.83. The second-order valence-electron chi connectivity index (χ2n) is 5.75. The van der Waals surface area contributed by atoms with Crippen LogP contribution in [0.5, 0.6) is 0 Å². The molecule has 0 aromatic heterocycles. The van der Waals surface area contributed by atoms with Crippen molar-refractivity contribution >= 4 is 5.78 Å². The molecule has 0 saturated heterocycles. The largest absolute Gasteiger partial charge is 0.294 e. The zero-order valence-electron chi connectivity index (χ0n) is 11.9. The molecule has 20 heavy (non-hydrogen) atoms. The Labute approximate surface area is 120 Å². The van der Waals surface area contributed by atoms with E-state index in [2.05, 4.69) is 12.1 Å². The van der Waals surface area contributed by atoms with E-state index in [1.807, 2.05) is 49.4 Å². The minimum Gasteiger partial charge on any atom is -0.294 e. The fraction of sp³-hybridized carbons (Fsp3) is 0.316. The highest BCUT2D eigenvalue weighted by Crippen LogP contribution is 2.36. The molecule has 0 radical (unpaired) electrons. The molecule has 0 heterocycles. The van der Waals surface area contributed by atoms with Gasteiger partial charge in [-0.2, -0.15) is 0 Å². The summed E-state index contributed by atoms with van der Waals surface area (Å²) in [5, 5.41) is 0. The van der Waals surface area contributed by atoms with Crippen molar-refractivity contribution < 1.29 is 4.79 Å². The smallest absolute Gasteiger partial charge is 0.170 e. The molecule has 0 aliphatic heterocycles. The average Bonchev–Trinajstić information content (AvgIpc) is 2.45. The minimum atomic E-state index is -0.0761. The van der Waals surface area contributed by atoms with E-state index in [1.165, 1.54) is 24.8 Å². The predicted molar refractivity (Wildman–Crippen MR) is 82.2 cm³/mol. The molecule has 0 amide bonds. The molecule has 2 aromatic rings. The summed E-state index contributed by atoms with van der Waals surface area (Å²) in [7, 11) is 0. The van der Waals surface area contributed by atoms with Gasteiger partial charge in [0.1, 0.15) is 0 Å². The maximum Gasteiger partial charge on any atom is 0.170 e. The molecule has 0 bridgehead atoms. The summed E-state index contributed by atoms with van der Waals surface area (Å²) < 4.78 is 0. The lowest BCUT2D eigenvalue weighted by Crippen LogP contribution is -2.12. The van der Waals surface area contributed by atoms with E-state index in [-0.39, 0.29) is 11.7 Å². The van der Waals surface area contributed by atoms with Gasteiger partial charge in [-0.15, -0.1) is 0 Å². The number of ketones is 1. The molecule has 1 aliphatic carbocycles. The highest BCUT2D eigenvalue weighted by molar-refractivity contribution is 6.00. The summed E-state index contributed by atoms with van der Waals surface area (Å²) >= 11 is 0. The highest BCUT2D eigenvalue weighted by Gasteiger charge is 2.22. The van der Waals surface area contributed by atoms with Crippen LogP contribution in [0.3, 0.4) is 0 Å². The van der Waals surface area contributed by atoms with Gasteiger partial charge in [0.25, 0.3) is 0 Å². The Balaban J connectivity index is 1.83. The Hall–Kier alpha value is -1.89. The average molecular weight is 264 g/mol. The molecule has 0 spiro atoms. The Bertz CT molecular complexity index is 596. The molecule has 0 N–H and O–H groups in total. The van der Waals surface area contributed by atoms with Crippen molar-refractivity contribution in [3.05, 3.63) is 71.3 Å². The van der Waals surface area contributed by atoms with Crippen LogP contribution in [-0.2, 0) is 0 Å². The van der Waals surface area contributed by atoms with Gasteiger partial charge in [-0.1, -0.05) is 61.9 Å². The summed E-state index contributed by atoms with van der Waals surface area (Å²) in [5.74, 6) is 0.819. The summed E-state index contributed by atoms with van der Waals surface area (Å²) in [5.41, 5.74) is 3.28. The van der Waals surface area contributed by atoms with Gasteiger partial charge in [0.05, 0.1) is 0 Å². The molecule has 1 fully saturated rings. The number of carbonyl (C=O) groups excluding carboxylic acids is 1. The van der Waals surface area contributed by atoms with Crippen LogP contribution in [0.4, 0.5) is 0 Å². The summed E-state index contributed by atoms with van der Waals surface area (Å²) in [6, 6.07) is 18.3. The second-order valence-corrected chi connectivity index (χ2v) is 5.75. The Kier molecular flexibility index (Phi) is 3.68. The Morgan fingerprint density at radius 1 is 1.05 bits per heavy atom. The van der Waals surface area contributed by atoms with Gasteiger partial charge < -0.3 is 0 Å². The molecule has 1 unspecified atom stereocenters. The first-order chi connectivity index (χ1) is 9.75. The number of hydrogen-bond donors (Lipinski definition) is 0. The topological polar surface area (TPSA) is 17.1 Å².